The lowest BCUT2D eigenvalue weighted by Crippen LogP contribution is -2.29. The number of rotatable bonds is 6. The van der Waals surface area contributed by atoms with Crippen LogP contribution in [0.1, 0.15) is 16.7 Å². The number of nitrogens with zero attached hydrogens (tertiary/aromatic N) is 1. The molecular formula is C22H21NO5. The predicted molar refractivity (Wildman–Crippen MR) is 102 cm³/mol. The molecule has 28 heavy (non-hydrogen) atoms. The van der Waals surface area contributed by atoms with Gasteiger partial charge in [-0.15, -0.1) is 0 Å². The van der Waals surface area contributed by atoms with E-state index in [2.05, 4.69) is 4.98 Å². The highest BCUT2D eigenvalue weighted by Crippen LogP contribution is 2.32. The van der Waals surface area contributed by atoms with E-state index < -0.39 is 0 Å². The minimum absolute atomic E-state index is 0.116. The second-order valence-corrected chi connectivity index (χ2v) is 6.84. The number of ketones is 1. The molecule has 0 spiro atoms. The number of ether oxygens (including phenoxy) is 2. The normalized spacial score (nSPS) is 15.6. The third-order valence-electron chi connectivity index (χ3n) is 5.05. The van der Waals surface area contributed by atoms with Crippen molar-refractivity contribution in [2.45, 2.75) is 19.4 Å². The number of hydrogen-bond acceptors (Lipinski definition) is 6. The zero-order valence-corrected chi connectivity index (χ0v) is 15.6. The molecule has 2 heterocycles. The molecule has 1 aromatic heterocycles. The lowest BCUT2D eigenvalue weighted by Gasteiger charge is -2.25. The third-order valence-corrected chi connectivity index (χ3v) is 5.05. The average Bonchev–Trinajstić information content (AvgIpc) is 3.27. The fourth-order valence-electron chi connectivity index (χ4n) is 3.53. The first-order chi connectivity index (χ1) is 13.7. The van der Waals surface area contributed by atoms with Crippen LogP contribution >= 0.6 is 0 Å². The molecule has 0 bridgehead atoms. The zero-order valence-electron chi connectivity index (χ0n) is 15.6. The van der Waals surface area contributed by atoms with Crippen LogP contribution in [0.2, 0.25) is 0 Å². The SMILES string of the molecule is COc1ccc2c(c1)CC(C(=O)Cc1ccc(-c3cnco3)c(CO)c1)CO2. The van der Waals surface area contributed by atoms with E-state index >= 15 is 0 Å². The lowest BCUT2D eigenvalue weighted by atomic mass is 9.89. The van der Waals surface area contributed by atoms with E-state index in [1.807, 2.05) is 36.4 Å². The fourth-order valence-corrected chi connectivity index (χ4v) is 3.53. The summed E-state index contributed by atoms with van der Waals surface area (Å²) in [4.78, 5) is 16.8. The lowest BCUT2D eigenvalue weighted by molar-refractivity contribution is -0.123. The molecule has 0 aliphatic carbocycles. The first-order valence-electron chi connectivity index (χ1n) is 9.12. The van der Waals surface area contributed by atoms with Gasteiger partial charge in [0, 0.05) is 12.0 Å². The van der Waals surface area contributed by atoms with Gasteiger partial charge in [-0.25, -0.2) is 4.98 Å². The Labute approximate surface area is 162 Å². The first kappa shape index (κ1) is 18.3. The van der Waals surface area contributed by atoms with Crippen LogP contribution in [0.4, 0.5) is 0 Å². The van der Waals surface area contributed by atoms with Crippen molar-refractivity contribution in [1.82, 2.24) is 4.98 Å². The van der Waals surface area contributed by atoms with E-state index in [4.69, 9.17) is 13.9 Å². The Hall–Kier alpha value is -3.12. The molecule has 144 valence electrons. The summed E-state index contributed by atoms with van der Waals surface area (Å²) in [5, 5.41) is 9.70. The molecular weight excluding hydrogens is 358 g/mol. The summed E-state index contributed by atoms with van der Waals surface area (Å²) in [6, 6.07) is 11.2. The zero-order chi connectivity index (χ0) is 19.5. The monoisotopic (exact) mass is 379 g/mol. The Morgan fingerprint density at radius 2 is 2.18 bits per heavy atom. The molecule has 0 radical (unpaired) electrons. The predicted octanol–water partition coefficient (Wildman–Crippen LogP) is 3.21. The second-order valence-electron chi connectivity index (χ2n) is 6.84. The first-order valence-corrected chi connectivity index (χ1v) is 9.12. The van der Waals surface area contributed by atoms with Gasteiger partial charge in [-0.05, 0) is 41.3 Å². The molecule has 3 aromatic rings. The number of aromatic nitrogens is 1. The van der Waals surface area contributed by atoms with Crippen LogP contribution < -0.4 is 9.47 Å². The van der Waals surface area contributed by atoms with Gasteiger partial charge < -0.3 is 19.0 Å². The van der Waals surface area contributed by atoms with E-state index in [-0.39, 0.29) is 24.7 Å². The Morgan fingerprint density at radius 3 is 2.93 bits per heavy atom. The summed E-state index contributed by atoms with van der Waals surface area (Å²) in [6.45, 7) is 0.235. The number of aliphatic hydroxyl groups excluding tert-OH is 1. The van der Waals surface area contributed by atoms with Crippen LogP contribution in [-0.2, 0) is 24.2 Å². The van der Waals surface area contributed by atoms with Gasteiger partial charge in [-0.2, -0.15) is 0 Å². The minimum atomic E-state index is -0.203. The molecule has 6 heteroatoms. The summed E-state index contributed by atoms with van der Waals surface area (Å²) < 4.78 is 16.3. The van der Waals surface area contributed by atoms with Crippen molar-refractivity contribution < 1.29 is 23.8 Å². The Bertz CT molecular complexity index is 981. The second kappa shape index (κ2) is 7.86. The van der Waals surface area contributed by atoms with Crippen molar-refractivity contribution in [3.8, 4) is 22.8 Å². The van der Waals surface area contributed by atoms with Gasteiger partial charge in [0.25, 0.3) is 0 Å². The van der Waals surface area contributed by atoms with Crippen LogP contribution in [0.3, 0.4) is 0 Å². The summed E-state index contributed by atoms with van der Waals surface area (Å²) in [7, 11) is 1.62. The third kappa shape index (κ3) is 3.64. The van der Waals surface area contributed by atoms with Gasteiger partial charge in [-0.1, -0.05) is 18.2 Å². The van der Waals surface area contributed by atoms with E-state index in [0.717, 1.165) is 28.2 Å². The molecule has 1 aliphatic rings. The maximum absolute atomic E-state index is 12.8. The fraction of sp³-hybridized carbons (Fsp3) is 0.273. The maximum atomic E-state index is 12.8. The van der Waals surface area contributed by atoms with Gasteiger partial charge in [0.05, 0.1) is 32.4 Å². The topological polar surface area (TPSA) is 81.8 Å². The number of aliphatic hydroxyl groups is 1. The molecule has 0 saturated carbocycles. The molecule has 6 nitrogen and oxygen atoms in total. The van der Waals surface area contributed by atoms with E-state index in [0.29, 0.717) is 24.4 Å². The molecule has 2 aromatic carbocycles. The number of benzene rings is 2. The van der Waals surface area contributed by atoms with Crippen molar-refractivity contribution in [2.24, 2.45) is 5.92 Å². The Balaban J connectivity index is 1.49. The van der Waals surface area contributed by atoms with Crippen molar-refractivity contribution in [1.29, 1.82) is 0 Å². The summed E-state index contributed by atoms with van der Waals surface area (Å²) in [5.74, 6) is 2.07. The number of carbonyl (C=O) groups is 1. The average molecular weight is 379 g/mol. The smallest absolute Gasteiger partial charge is 0.181 e. The number of carbonyl (C=O) groups excluding carboxylic acids is 1. The number of methoxy groups -OCH3 is 1. The molecule has 1 N–H and O–H groups in total. The highest BCUT2D eigenvalue weighted by Gasteiger charge is 2.26. The highest BCUT2D eigenvalue weighted by atomic mass is 16.5. The van der Waals surface area contributed by atoms with Gasteiger partial charge in [-0.3, -0.25) is 4.79 Å². The van der Waals surface area contributed by atoms with Crippen molar-refractivity contribution in [3.63, 3.8) is 0 Å². The molecule has 0 fully saturated rings. The van der Waals surface area contributed by atoms with E-state index in [1.165, 1.54) is 6.39 Å². The molecule has 1 atom stereocenters. The van der Waals surface area contributed by atoms with Crippen molar-refractivity contribution >= 4 is 5.78 Å². The van der Waals surface area contributed by atoms with Crippen molar-refractivity contribution in [2.75, 3.05) is 13.7 Å². The van der Waals surface area contributed by atoms with Gasteiger partial charge in [0.1, 0.15) is 17.3 Å². The van der Waals surface area contributed by atoms with Crippen LogP contribution in [0, 0.1) is 5.92 Å². The quantitative estimate of drug-likeness (QED) is 0.708. The van der Waals surface area contributed by atoms with Crippen LogP contribution in [0.15, 0.2) is 53.4 Å². The van der Waals surface area contributed by atoms with Crippen LogP contribution in [0.5, 0.6) is 11.5 Å². The number of fused-ring (bicyclic) bond motifs is 1. The van der Waals surface area contributed by atoms with Crippen molar-refractivity contribution in [3.05, 3.63) is 65.7 Å². The van der Waals surface area contributed by atoms with E-state index in [1.54, 1.807) is 13.3 Å². The molecule has 1 aliphatic heterocycles. The Morgan fingerprint density at radius 1 is 1.29 bits per heavy atom. The van der Waals surface area contributed by atoms with Gasteiger partial charge >= 0.3 is 0 Å². The van der Waals surface area contributed by atoms with Gasteiger partial charge in [0.15, 0.2) is 12.2 Å². The minimum Gasteiger partial charge on any atom is -0.497 e. The summed E-state index contributed by atoms with van der Waals surface area (Å²) in [5.41, 5.74) is 3.32. The molecule has 4 rings (SSSR count). The summed E-state index contributed by atoms with van der Waals surface area (Å²) >= 11 is 0. The Kier molecular flexibility index (Phi) is 5.12. The van der Waals surface area contributed by atoms with E-state index in [9.17, 15) is 9.90 Å². The van der Waals surface area contributed by atoms with Crippen LogP contribution in [0.25, 0.3) is 11.3 Å². The number of hydrogen-bond donors (Lipinski definition) is 1. The number of Topliss-reactive ketones (excluding diaryl/α,β-unsaturated/α-hetero) is 1. The maximum Gasteiger partial charge on any atom is 0.181 e. The molecule has 0 amide bonds. The summed E-state index contributed by atoms with van der Waals surface area (Å²) in [6.07, 6.45) is 3.87. The molecule has 1 unspecified atom stereocenters. The van der Waals surface area contributed by atoms with Gasteiger partial charge in [0.2, 0.25) is 0 Å². The molecule has 0 saturated heterocycles. The van der Waals surface area contributed by atoms with Crippen LogP contribution in [-0.4, -0.2) is 29.6 Å². The number of oxazole rings is 1. The highest BCUT2D eigenvalue weighted by molar-refractivity contribution is 5.84. The standard InChI is InChI=1S/C22H21NO5/c1-26-18-3-5-21-15(9-18)8-17(12-27-21)20(25)7-14-2-4-19(16(6-14)11-24)22-10-23-13-28-22/h2-6,9-10,13,17,24H,7-8,11-12H2,1H3. The largest absolute Gasteiger partial charge is 0.497 e.